The van der Waals surface area contributed by atoms with E-state index < -0.39 is 5.54 Å². The fraction of sp³-hybridized carbons (Fsp3) is 0.500. The highest BCUT2D eigenvalue weighted by molar-refractivity contribution is 6.30. The Morgan fingerprint density at radius 1 is 0.947 bits per heavy atom. The number of carbonyl (C=O) groups excluding carboxylic acids is 3. The summed E-state index contributed by atoms with van der Waals surface area (Å²) < 4.78 is 0. The Balaban J connectivity index is 1.40. The number of para-hydroxylation sites is 1. The molecule has 2 fully saturated rings. The van der Waals surface area contributed by atoms with Gasteiger partial charge in [0.1, 0.15) is 12.1 Å². The van der Waals surface area contributed by atoms with Crippen LogP contribution in [0.2, 0.25) is 5.02 Å². The Hall–Kier alpha value is -3.06. The van der Waals surface area contributed by atoms with E-state index in [0.29, 0.717) is 49.7 Å². The second-order valence-corrected chi connectivity index (χ2v) is 10.8. The van der Waals surface area contributed by atoms with Crippen LogP contribution in [0.5, 0.6) is 0 Å². The SMILES string of the molecule is CCCCCCCCC(=O)N1CCC2(CC1)C(=O)N(CC(=O)Nc1cccc(Cl)c1)CN2c1ccccc1. The normalized spacial score (nSPS) is 16.8. The van der Waals surface area contributed by atoms with Gasteiger partial charge in [0.05, 0.1) is 6.67 Å². The van der Waals surface area contributed by atoms with E-state index in [1.807, 2.05) is 35.2 Å². The molecule has 1 spiro atoms. The molecule has 0 unspecified atom stereocenters. The maximum absolute atomic E-state index is 13.9. The number of likely N-dealkylation sites (tertiary alicyclic amines) is 1. The van der Waals surface area contributed by atoms with Crippen LogP contribution in [0.3, 0.4) is 0 Å². The van der Waals surface area contributed by atoms with Crippen molar-refractivity contribution in [1.82, 2.24) is 9.80 Å². The Morgan fingerprint density at radius 3 is 2.37 bits per heavy atom. The molecule has 8 heteroatoms. The molecule has 0 aliphatic carbocycles. The first-order chi connectivity index (χ1) is 18.4. The van der Waals surface area contributed by atoms with Crippen LogP contribution in [0.15, 0.2) is 54.6 Å². The van der Waals surface area contributed by atoms with E-state index in [2.05, 4.69) is 17.1 Å². The summed E-state index contributed by atoms with van der Waals surface area (Å²) >= 11 is 6.04. The van der Waals surface area contributed by atoms with Gasteiger partial charge in [0.2, 0.25) is 11.8 Å². The molecule has 2 aromatic rings. The van der Waals surface area contributed by atoms with E-state index >= 15 is 0 Å². The largest absolute Gasteiger partial charge is 0.342 e. The van der Waals surface area contributed by atoms with Gasteiger partial charge >= 0.3 is 0 Å². The summed E-state index contributed by atoms with van der Waals surface area (Å²) in [5, 5.41) is 3.38. The standard InChI is InChI=1S/C30H39ClN4O3/c1-2-3-4-5-6-10-16-28(37)33-19-17-30(18-20-33)29(38)34(23-35(30)26-14-8-7-9-15-26)22-27(36)32-25-13-11-12-24(31)21-25/h7-9,11-15,21H,2-6,10,16-20,22-23H2,1H3,(H,32,36). The molecule has 2 aromatic carbocycles. The molecule has 38 heavy (non-hydrogen) atoms. The third-order valence-corrected chi connectivity index (χ3v) is 7.95. The fourth-order valence-electron chi connectivity index (χ4n) is 5.60. The van der Waals surface area contributed by atoms with Gasteiger partial charge in [-0.2, -0.15) is 0 Å². The number of unbranched alkanes of at least 4 members (excludes halogenated alkanes) is 5. The number of halogens is 1. The average Bonchev–Trinajstić information content (AvgIpc) is 3.17. The van der Waals surface area contributed by atoms with Gasteiger partial charge in [-0.25, -0.2) is 0 Å². The molecule has 0 saturated carbocycles. The number of piperidine rings is 1. The molecule has 2 aliphatic rings. The summed E-state index contributed by atoms with van der Waals surface area (Å²) in [7, 11) is 0. The Morgan fingerprint density at radius 2 is 1.66 bits per heavy atom. The smallest absolute Gasteiger partial charge is 0.250 e. The fourth-order valence-corrected chi connectivity index (χ4v) is 5.79. The van der Waals surface area contributed by atoms with Crippen LogP contribution in [-0.2, 0) is 14.4 Å². The lowest BCUT2D eigenvalue weighted by molar-refractivity contribution is -0.139. The first-order valence-corrected chi connectivity index (χ1v) is 14.3. The second kappa shape index (κ2) is 13.1. The Labute approximate surface area is 231 Å². The lowest BCUT2D eigenvalue weighted by atomic mass is 9.85. The van der Waals surface area contributed by atoms with Crippen LogP contribution in [0.1, 0.15) is 64.7 Å². The first kappa shape index (κ1) is 28.0. The van der Waals surface area contributed by atoms with Gasteiger partial charge < -0.3 is 20.0 Å². The summed E-state index contributed by atoms with van der Waals surface area (Å²) in [4.78, 5) is 45.3. The number of nitrogens with one attached hydrogen (secondary N) is 1. The number of anilines is 2. The number of hydrogen-bond donors (Lipinski definition) is 1. The van der Waals surface area contributed by atoms with Crippen molar-refractivity contribution in [1.29, 1.82) is 0 Å². The molecule has 2 heterocycles. The lowest BCUT2D eigenvalue weighted by Crippen LogP contribution is -2.57. The summed E-state index contributed by atoms with van der Waals surface area (Å²) in [6.07, 6.45) is 8.60. The van der Waals surface area contributed by atoms with Crippen molar-refractivity contribution in [3.05, 3.63) is 59.6 Å². The van der Waals surface area contributed by atoms with Crippen LogP contribution < -0.4 is 10.2 Å². The monoisotopic (exact) mass is 538 g/mol. The van der Waals surface area contributed by atoms with Crippen LogP contribution in [-0.4, -0.2) is 59.4 Å². The molecule has 4 rings (SSSR count). The molecule has 1 N–H and O–H groups in total. The number of rotatable bonds is 11. The Kier molecular flexibility index (Phi) is 9.67. The molecule has 7 nitrogen and oxygen atoms in total. The predicted molar refractivity (Wildman–Crippen MR) is 152 cm³/mol. The van der Waals surface area contributed by atoms with Gasteiger partial charge in [-0.3, -0.25) is 14.4 Å². The van der Waals surface area contributed by atoms with E-state index in [1.54, 1.807) is 29.2 Å². The van der Waals surface area contributed by atoms with Crippen LogP contribution in [0, 0.1) is 0 Å². The highest BCUT2D eigenvalue weighted by Gasteiger charge is 2.54. The highest BCUT2D eigenvalue weighted by atomic mass is 35.5. The molecule has 0 aromatic heterocycles. The summed E-state index contributed by atoms with van der Waals surface area (Å²) in [6, 6.07) is 16.8. The van der Waals surface area contributed by atoms with Gasteiger partial charge in [0.15, 0.2) is 0 Å². The average molecular weight is 539 g/mol. The number of hydrogen-bond acceptors (Lipinski definition) is 4. The molecule has 0 radical (unpaired) electrons. The van der Waals surface area contributed by atoms with E-state index in [0.717, 1.165) is 18.5 Å². The van der Waals surface area contributed by atoms with E-state index in [-0.39, 0.29) is 24.3 Å². The van der Waals surface area contributed by atoms with Crippen molar-refractivity contribution < 1.29 is 14.4 Å². The van der Waals surface area contributed by atoms with Crippen molar-refractivity contribution in [2.75, 3.05) is 36.5 Å². The number of nitrogens with zero attached hydrogens (tertiary/aromatic N) is 3. The third-order valence-electron chi connectivity index (χ3n) is 7.71. The molecule has 2 aliphatic heterocycles. The van der Waals surface area contributed by atoms with Crippen molar-refractivity contribution in [3.63, 3.8) is 0 Å². The van der Waals surface area contributed by atoms with Crippen LogP contribution in [0.4, 0.5) is 11.4 Å². The molecular formula is C30H39ClN4O3. The third kappa shape index (κ3) is 6.68. The second-order valence-electron chi connectivity index (χ2n) is 10.4. The summed E-state index contributed by atoms with van der Waals surface area (Å²) in [6.45, 7) is 3.59. The van der Waals surface area contributed by atoms with E-state index in [4.69, 9.17) is 11.6 Å². The minimum absolute atomic E-state index is 0.0445. The maximum atomic E-state index is 13.9. The predicted octanol–water partition coefficient (Wildman–Crippen LogP) is 5.70. The zero-order valence-electron chi connectivity index (χ0n) is 22.3. The van der Waals surface area contributed by atoms with Crippen molar-refractivity contribution >= 4 is 40.7 Å². The lowest BCUT2D eigenvalue weighted by Gasteiger charge is -2.43. The minimum atomic E-state index is -0.755. The molecule has 0 atom stereocenters. The van der Waals surface area contributed by atoms with E-state index in [1.165, 1.54) is 25.7 Å². The number of carbonyl (C=O) groups is 3. The zero-order chi connectivity index (χ0) is 27.0. The van der Waals surface area contributed by atoms with Crippen molar-refractivity contribution in [2.24, 2.45) is 0 Å². The molecule has 2 saturated heterocycles. The van der Waals surface area contributed by atoms with Gasteiger partial charge in [-0.15, -0.1) is 0 Å². The Bertz CT molecular complexity index is 1100. The van der Waals surface area contributed by atoms with Crippen molar-refractivity contribution in [3.8, 4) is 0 Å². The quantitative estimate of drug-likeness (QED) is 0.373. The first-order valence-electron chi connectivity index (χ1n) is 13.9. The summed E-state index contributed by atoms with van der Waals surface area (Å²) in [5.41, 5.74) is 0.792. The highest BCUT2D eigenvalue weighted by Crippen LogP contribution is 2.39. The zero-order valence-corrected chi connectivity index (χ0v) is 23.1. The molecule has 0 bridgehead atoms. The molecule has 3 amide bonds. The minimum Gasteiger partial charge on any atom is -0.342 e. The molecule has 204 valence electrons. The molecular weight excluding hydrogens is 500 g/mol. The van der Waals surface area contributed by atoms with Gasteiger partial charge in [0, 0.05) is 35.9 Å². The number of amides is 3. The van der Waals surface area contributed by atoms with E-state index in [9.17, 15) is 14.4 Å². The topological polar surface area (TPSA) is 73.0 Å². The van der Waals surface area contributed by atoms with Gasteiger partial charge in [-0.1, -0.05) is 74.9 Å². The van der Waals surface area contributed by atoms with Crippen molar-refractivity contribution in [2.45, 2.75) is 70.3 Å². The van der Waals surface area contributed by atoms with Crippen LogP contribution in [0.25, 0.3) is 0 Å². The van der Waals surface area contributed by atoms with Crippen LogP contribution >= 0.6 is 11.6 Å². The van der Waals surface area contributed by atoms with Gasteiger partial charge in [0.25, 0.3) is 5.91 Å². The summed E-state index contributed by atoms with van der Waals surface area (Å²) in [5.74, 6) is -0.132. The number of benzene rings is 2. The van der Waals surface area contributed by atoms with Gasteiger partial charge in [-0.05, 0) is 49.6 Å². The maximum Gasteiger partial charge on any atom is 0.250 e.